The Labute approximate surface area is 113 Å². The monoisotopic (exact) mass is 250 g/mol. The molecule has 1 heterocycles. The molecule has 2 heteroatoms. The molecule has 0 bridgehead atoms. The Bertz CT molecular complexity index is 272. The number of piperazine rings is 1. The highest BCUT2D eigenvalue weighted by molar-refractivity contribution is 5.05. The van der Waals surface area contributed by atoms with Crippen molar-refractivity contribution in [3.8, 4) is 0 Å². The third-order valence-electron chi connectivity index (χ3n) is 4.75. The van der Waals surface area contributed by atoms with Crippen LogP contribution < -0.4 is 5.32 Å². The number of hydrogen-bond acceptors (Lipinski definition) is 2. The van der Waals surface area contributed by atoms with E-state index < -0.39 is 0 Å². The summed E-state index contributed by atoms with van der Waals surface area (Å²) in [5.74, 6) is 0.807. The maximum Gasteiger partial charge on any atom is 0.0221 e. The standard InChI is InChI=1S/C16H30N2/c1-3-14(2)16-13-18(12-10-17-16)11-9-15-7-5-4-6-8-15/h7,14,16-17H,3-6,8-13H2,1-2H3. The zero-order valence-corrected chi connectivity index (χ0v) is 12.3. The summed E-state index contributed by atoms with van der Waals surface area (Å²) in [5.41, 5.74) is 1.72. The van der Waals surface area contributed by atoms with Crippen LogP contribution in [0.5, 0.6) is 0 Å². The zero-order valence-electron chi connectivity index (χ0n) is 12.3. The van der Waals surface area contributed by atoms with E-state index in [2.05, 4.69) is 30.1 Å². The van der Waals surface area contributed by atoms with Gasteiger partial charge in [0, 0.05) is 32.2 Å². The predicted octanol–water partition coefficient (Wildman–Crippen LogP) is 3.20. The summed E-state index contributed by atoms with van der Waals surface area (Å²) in [4.78, 5) is 2.67. The molecule has 1 fully saturated rings. The van der Waals surface area contributed by atoms with Gasteiger partial charge in [0.1, 0.15) is 0 Å². The third-order valence-corrected chi connectivity index (χ3v) is 4.75. The Morgan fingerprint density at radius 1 is 1.44 bits per heavy atom. The minimum atomic E-state index is 0.712. The molecule has 18 heavy (non-hydrogen) atoms. The Kier molecular flexibility index (Phi) is 5.71. The summed E-state index contributed by atoms with van der Waals surface area (Å²) >= 11 is 0. The lowest BCUT2D eigenvalue weighted by molar-refractivity contribution is 0.169. The minimum absolute atomic E-state index is 0.712. The molecule has 1 N–H and O–H groups in total. The van der Waals surface area contributed by atoms with Crippen LogP contribution >= 0.6 is 0 Å². The summed E-state index contributed by atoms with van der Waals surface area (Å²) in [6, 6.07) is 0.712. The largest absolute Gasteiger partial charge is 0.311 e. The molecule has 0 aromatic rings. The van der Waals surface area contributed by atoms with E-state index in [4.69, 9.17) is 0 Å². The third kappa shape index (κ3) is 4.10. The Morgan fingerprint density at radius 3 is 3.06 bits per heavy atom. The fourth-order valence-electron chi connectivity index (χ4n) is 3.14. The van der Waals surface area contributed by atoms with Crippen molar-refractivity contribution in [2.75, 3.05) is 26.2 Å². The fraction of sp³-hybridized carbons (Fsp3) is 0.875. The van der Waals surface area contributed by atoms with Crippen molar-refractivity contribution in [2.45, 2.75) is 58.4 Å². The van der Waals surface area contributed by atoms with Crippen LogP contribution in [-0.2, 0) is 0 Å². The highest BCUT2D eigenvalue weighted by Gasteiger charge is 2.22. The lowest BCUT2D eigenvalue weighted by Crippen LogP contribution is -2.53. The molecule has 0 spiro atoms. The van der Waals surface area contributed by atoms with Crippen molar-refractivity contribution in [1.29, 1.82) is 0 Å². The average Bonchev–Trinajstić information content (AvgIpc) is 2.45. The highest BCUT2D eigenvalue weighted by atomic mass is 15.2. The lowest BCUT2D eigenvalue weighted by atomic mass is 9.95. The summed E-state index contributed by atoms with van der Waals surface area (Å²) in [6.45, 7) is 9.62. The van der Waals surface area contributed by atoms with E-state index in [1.165, 1.54) is 64.7 Å². The topological polar surface area (TPSA) is 15.3 Å². The molecule has 2 unspecified atom stereocenters. The van der Waals surface area contributed by atoms with E-state index in [9.17, 15) is 0 Å². The van der Waals surface area contributed by atoms with Crippen LogP contribution in [0.2, 0.25) is 0 Å². The van der Waals surface area contributed by atoms with Gasteiger partial charge < -0.3 is 10.2 Å². The molecular formula is C16H30N2. The predicted molar refractivity (Wildman–Crippen MR) is 78.9 cm³/mol. The van der Waals surface area contributed by atoms with Crippen LogP contribution in [0, 0.1) is 5.92 Å². The lowest BCUT2D eigenvalue weighted by Gasteiger charge is -2.36. The molecule has 2 nitrogen and oxygen atoms in total. The van der Waals surface area contributed by atoms with E-state index >= 15 is 0 Å². The molecule has 2 atom stereocenters. The van der Waals surface area contributed by atoms with Gasteiger partial charge in [0.15, 0.2) is 0 Å². The zero-order chi connectivity index (χ0) is 12.8. The second-order valence-corrected chi connectivity index (χ2v) is 6.10. The van der Waals surface area contributed by atoms with Crippen LogP contribution in [0.3, 0.4) is 0 Å². The maximum atomic E-state index is 3.68. The van der Waals surface area contributed by atoms with Crippen molar-refractivity contribution in [2.24, 2.45) is 5.92 Å². The summed E-state index contributed by atoms with van der Waals surface area (Å²) in [6.07, 6.45) is 10.6. The first-order chi connectivity index (χ1) is 8.79. The first-order valence-electron chi connectivity index (χ1n) is 7.93. The van der Waals surface area contributed by atoms with E-state index in [1.807, 2.05) is 0 Å². The average molecular weight is 250 g/mol. The summed E-state index contributed by atoms with van der Waals surface area (Å²) < 4.78 is 0. The van der Waals surface area contributed by atoms with Crippen molar-refractivity contribution >= 4 is 0 Å². The second kappa shape index (κ2) is 7.30. The van der Waals surface area contributed by atoms with E-state index in [1.54, 1.807) is 5.57 Å². The van der Waals surface area contributed by atoms with Crippen molar-refractivity contribution in [3.63, 3.8) is 0 Å². The molecular weight excluding hydrogens is 220 g/mol. The van der Waals surface area contributed by atoms with Gasteiger partial charge in [-0.15, -0.1) is 0 Å². The van der Waals surface area contributed by atoms with Gasteiger partial charge >= 0.3 is 0 Å². The van der Waals surface area contributed by atoms with Gasteiger partial charge in [0.25, 0.3) is 0 Å². The smallest absolute Gasteiger partial charge is 0.0221 e. The number of hydrogen-bond donors (Lipinski definition) is 1. The molecule has 1 aliphatic carbocycles. The Hall–Kier alpha value is -0.340. The maximum absolute atomic E-state index is 3.68. The van der Waals surface area contributed by atoms with Gasteiger partial charge in [0.05, 0.1) is 0 Å². The molecule has 1 aliphatic heterocycles. The Balaban J connectivity index is 1.73. The second-order valence-electron chi connectivity index (χ2n) is 6.10. The van der Waals surface area contributed by atoms with Crippen LogP contribution in [0.1, 0.15) is 52.4 Å². The van der Waals surface area contributed by atoms with Gasteiger partial charge in [-0.05, 0) is 38.0 Å². The molecule has 2 aliphatic rings. The van der Waals surface area contributed by atoms with E-state index in [-0.39, 0.29) is 0 Å². The van der Waals surface area contributed by atoms with Gasteiger partial charge in [0.2, 0.25) is 0 Å². The fourth-order valence-corrected chi connectivity index (χ4v) is 3.14. The number of rotatable bonds is 5. The first-order valence-corrected chi connectivity index (χ1v) is 7.93. The van der Waals surface area contributed by atoms with Crippen LogP contribution in [0.25, 0.3) is 0 Å². The summed E-state index contributed by atoms with van der Waals surface area (Å²) in [7, 11) is 0. The quantitative estimate of drug-likeness (QED) is 0.754. The number of allylic oxidation sites excluding steroid dienone is 1. The van der Waals surface area contributed by atoms with Gasteiger partial charge in [-0.2, -0.15) is 0 Å². The van der Waals surface area contributed by atoms with Crippen molar-refractivity contribution in [3.05, 3.63) is 11.6 Å². The number of nitrogens with one attached hydrogen (secondary N) is 1. The normalized spacial score (nSPS) is 27.9. The van der Waals surface area contributed by atoms with Crippen molar-refractivity contribution < 1.29 is 0 Å². The van der Waals surface area contributed by atoms with Crippen LogP contribution in [0.4, 0.5) is 0 Å². The van der Waals surface area contributed by atoms with Gasteiger partial charge in [-0.1, -0.05) is 31.9 Å². The first kappa shape index (κ1) is 14.1. The SMILES string of the molecule is CCC(C)C1CN(CCC2=CCCCC2)CCN1. The Morgan fingerprint density at radius 2 is 2.33 bits per heavy atom. The van der Waals surface area contributed by atoms with Gasteiger partial charge in [-0.3, -0.25) is 0 Å². The molecule has 0 aromatic heterocycles. The van der Waals surface area contributed by atoms with Crippen LogP contribution in [-0.4, -0.2) is 37.1 Å². The van der Waals surface area contributed by atoms with Gasteiger partial charge in [-0.25, -0.2) is 0 Å². The molecule has 0 saturated carbocycles. The molecule has 1 saturated heterocycles. The van der Waals surface area contributed by atoms with E-state index in [0.717, 1.165) is 5.92 Å². The number of nitrogens with zero attached hydrogens (tertiary/aromatic N) is 1. The molecule has 0 amide bonds. The molecule has 104 valence electrons. The van der Waals surface area contributed by atoms with Crippen LogP contribution in [0.15, 0.2) is 11.6 Å². The minimum Gasteiger partial charge on any atom is -0.311 e. The van der Waals surface area contributed by atoms with E-state index in [0.29, 0.717) is 6.04 Å². The molecule has 0 radical (unpaired) electrons. The molecule has 0 aromatic carbocycles. The summed E-state index contributed by atoms with van der Waals surface area (Å²) in [5, 5.41) is 3.68. The molecule has 2 rings (SSSR count). The van der Waals surface area contributed by atoms with Crippen molar-refractivity contribution in [1.82, 2.24) is 10.2 Å². The highest BCUT2D eigenvalue weighted by Crippen LogP contribution is 2.21.